The summed E-state index contributed by atoms with van der Waals surface area (Å²) in [5.74, 6) is 6.94. The molecule has 1 aromatic heterocycles. The van der Waals surface area contributed by atoms with Crippen LogP contribution < -0.4 is 11.1 Å². The zero-order valence-electron chi connectivity index (χ0n) is 6.96. The Morgan fingerprint density at radius 3 is 3.08 bits per heavy atom. The van der Waals surface area contributed by atoms with E-state index in [4.69, 9.17) is 5.73 Å². The lowest BCUT2D eigenvalue weighted by atomic mass is 10.4. The van der Waals surface area contributed by atoms with Gasteiger partial charge < -0.3 is 11.1 Å². The van der Waals surface area contributed by atoms with Crippen LogP contribution in [0, 0.1) is 11.8 Å². The molecule has 0 aliphatic carbocycles. The molecule has 3 N–H and O–H groups in total. The van der Waals surface area contributed by atoms with E-state index in [-0.39, 0.29) is 0 Å². The molecule has 62 valence electrons. The van der Waals surface area contributed by atoms with E-state index in [0.29, 0.717) is 12.4 Å². The number of hydrogen-bond donors (Lipinski definition) is 2. The van der Waals surface area contributed by atoms with E-state index in [1.165, 1.54) is 0 Å². The summed E-state index contributed by atoms with van der Waals surface area (Å²) in [4.78, 5) is 4.04. The van der Waals surface area contributed by atoms with Gasteiger partial charge >= 0.3 is 0 Å². The second kappa shape index (κ2) is 4.24. The third kappa shape index (κ3) is 2.51. The average molecular weight is 161 g/mol. The standard InChI is InChI=1S/C9H11N3/c1-2-3-7-11-9-6-4-5-8(10)12-9/h4-6H,7H2,1H3,(H3,10,11,12). The van der Waals surface area contributed by atoms with E-state index in [0.717, 1.165) is 5.82 Å². The van der Waals surface area contributed by atoms with Crippen LogP contribution in [0.25, 0.3) is 0 Å². The Kier molecular flexibility index (Phi) is 2.97. The van der Waals surface area contributed by atoms with Crippen molar-refractivity contribution in [2.45, 2.75) is 6.92 Å². The van der Waals surface area contributed by atoms with E-state index in [1.807, 2.05) is 12.1 Å². The van der Waals surface area contributed by atoms with Gasteiger partial charge in [-0.2, -0.15) is 0 Å². The number of hydrogen-bond acceptors (Lipinski definition) is 3. The van der Waals surface area contributed by atoms with Crippen LogP contribution in [0.5, 0.6) is 0 Å². The summed E-state index contributed by atoms with van der Waals surface area (Å²) in [6.45, 7) is 2.40. The van der Waals surface area contributed by atoms with Crippen LogP contribution in [0.1, 0.15) is 6.92 Å². The van der Waals surface area contributed by atoms with Crippen molar-refractivity contribution in [2.75, 3.05) is 17.6 Å². The quantitative estimate of drug-likeness (QED) is 0.638. The molecule has 0 aliphatic heterocycles. The molecule has 0 aromatic carbocycles. The first kappa shape index (κ1) is 8.41. The summed E-state index contributed by atoms with van der Waals surface area (Å²) in [5, 5.41) is 3.02. The third-order valence-corrected chi connectivity index (χ3v) is 1.31. The van der Waals surface area contributed by atoms with Gasteiger partial charge in [-0.15, -0.1) is 5.92 Å². The van der Waals surface area contributed by atoms with Crippen molar-refractivity contribution in [3.05, 3.63) is 18.2 Å². The number of nitrogens with two attached hydrogens (primary N) is 1. The van der Waals surface area contributed by atoms with Gasteiger partial charge in [-0.25, -0.2) is 4.98 Å². The number of aromatic nitrogens is 1. The van der Waals surface area contributed by atoms with E-state index in [9.17, 15) is 0 Å². The fourth-order valence-corrected chi connectivity index (χ4v) is 0.773. The van der Waals surface area contributed by atoms with Crippen molar-refractivity contribution in [1.29, 1.82) is 0 Å². The van der Waals surface area contributed by atoms with Crippen LogP contribution in [0.15, 0.2) is 18.2 Å². The van der Waals surface area contributed by atoms with E-state index < -0.39 is 0 Å². The lowest BCUT2D eigenvalue weighted by Gasteiger charge is -2.00. The highest BCUT2D eigenvalue weighted by Gasteiger charge is 1.90. The van der Waals surface area contributed by atoms with Gasteiger partial charge in [0.2, 0.25) is 0 Å². The molecule has 1 rings (SSSR count). The van der Waals surface area contributed by atoms with Crippen LogP contribution in [0.4, 0.5) is 11.6 Å². The van der Waals surface area contributed by atoms with Crippen LogP contribution in [0.2, 0.25) is 0 Å². The zero-order valence-corrected chi connectivity index (χ0v) is 6.96. The Morgan fingerprint density at radius 1 is 1.58 bits per heavy atom. The molecule has 1 aromatic rings. The Bertz CT molecular complexity index is 309. The van der Waals surface area contributed by atoms with Crippen LogP contribution in [-0.2, 0) is 0 Å². The molecule has 1 heterocycles. The normalized spacial score (nSPS) is 8.42. The molecule has 0 aliphatic rings. The number of pyridine rings is 1. The molecule has 0 radical (unpaired) electrons. The van der Waals surface area contributed by atoms with E-state index in [1.54, 1.807) is 13.0 Å². The molecule has 0 spiro atoms. The molecular formula is C9H11N3. The number of nitrogens with zero attached hydrogens (tertiary/aromatic N) is 1. The lowest BCUT2D eigenvalue weighted by molar-refractivity contribution is 1.25. The summed E-state index contributed by atoms with van der Waals surface area (Å²) >= 11 is 0. The number of rotatable bonds is 2. The topological polar surface area (TPSA) is 50.9 Å². The van der Waals surface area contributed by atoms with Gasteiger partial charge in [0.05, 0.1) is 6.54 Å². The zero-order chi connectivity index (χ0) is 8.81. The number of nitrogens with one attached hydrogen (secondary N) is 1. The van der Waals surface area contributed by atoms with Gasteiger partial charge in [-0.1, -0.05) is 12.0 Å². The summed E-state index contributed by atoms with van der Waals surface area (Å²) in [6, 6.07) is 5.45. The molecule has 0 amide bonds. The van der Waals surface area contributed by atoms with Crippen molar-refractivity contribution in [3.8, 4) is 11.8 Å². The van der Waals surface area contributed by atoms with Gasteiger partial charge in [0.15, 0.2) is 0 Å². The fourth-order valence-electron chi connectivity index (χ4n) is 0.773. The van der Waals surface area contributed by atoms with E-state index in [2.05, 4.69) is 22.1 Å². The molecule has 0 saturated carbocycles. The number of nitrogen functional groups attached to an aromatic ring is 1. The summed E-state index contributed by atoms with van der Waals surface area (Å²) in [5.41, 5.74) is 5.48. The smallest absolute Gasteiger partial charge is 0.129 e. The predicted molar refractivity (Wildman–Crippen MR) is 50.6 cm³/mol. The highest BCUT2D eigenvalue weighted by molar-refractivity contribution is 5.42. The molecule has 0 saturated heterocycles. The van der Waals surface area contributed by atoms with Crippen molar-refractivity contribution >= 4 is 11.6 Å². The maximum Gasteiger partial charge on any atom is 0.129 e. The Hall–Kier alpha value is -1.69. The first-order chi connectivity index (χ1) is 5.83. The van der Waals surface area contributed by atoms with Crippen LogP contribution in [-0.4, -0.2) is 11.5 Å². The lowest BCUT2D eigenvalue weighted by Crippen LogP contribution is -2.01. The number of anilines is 2. The molecule has 0 unspecified atom stereocenters. The van der Waals surface area contributed by atoms with Gasteiger partial charge in [-0.3, -0.25) is 0 Å². The Morgan fingerprint density at radius 2 is 2.42 bits per heavy atom. The summed E-state index contributed by atoms with van der Waals surface area (Å²) in [7, 11) is 0. The summed E-state index contributed by atoms with van der Waals surface area (Å²) < 4.78 is 0. The second-order valence-corrected chi connectivity index (χ2v) is 2.23. The van der Waals surface area contributed by atoms with Crippen molar-refractivity contribution in [3.63, 3.8) is 0 Å². The molecule has 0 atom stereocenters. The fraction of sp³-hybridized carbons (Fsp3) is 0.222. The minimum Gasteiger partial charge on any atom is -0.384 e. The maximum atomic E-state index is 5.48. The second-order valence-electron chi connectivity index (χ2n) is 2.23. The van der Waals surface area contributed by atoms with Crippen LogP contribution >= 0.6 is 0 Å². The molecule has 0 bridgehead atoms. The predicted octanol–water partition coefficient (Wildman–Crippen LogP) is 1.10. The minimum absolute atomic E-state index is 0.518. The average Bonchev–Trinajstić information content (AvgIpc) is 2.05. The first-order valence-electron chi connectivity index (χ1n) is 3.69. The molecular weight excluding hydrogens is 150 g/mol. The maximum absolute atomic E-state index is 5.48. The Balaban J connectivity index is 2.55. The van der Waals surface area contributed by atoms with Crippen molar-refractivity contribution in [2.24, 2.45) is 0 Å². The first-order valence-corrected chi connectivity index (χ1v) is 3.69. The monoisotopic (exact) mass is 161 g/mol. The van der Waals surface area contributed by atoms with Gasteiger partial charge in [-0.05, 0) is 19.1 Å². The van der Waals surface area contributed by atoms with Crippen molar-refractivity contribution < 1.29 is 0 Å². The largest absolute Gasteiger partial charge is 0.384 e. The SMILES string of the molecule is CC#CCNc1cccc(N)n1. The van der Waals surface area contributed by atoms with Gasteiger partial charge in [0.25, 0.3) is 0 Å². The van der Waals surface area contributed by atoms with Crippen molar-refractivity contribution in [1.82, 2.24) is 4.98 Å². The minimum atomic E-state index is 0.518. The molecule has 3 nitrogen and oxygen atoms in total. The molecule has 12 heavy (non-hydrogen) atoms. The molecule has 3 heteroatoms. The highest BCUT2D eigenvalue weighted by atomic mass is 15.0. The third-order valence-electron chi connectivity index (χ3n) is 1.31. The highest BCUT2D eigenvalue weighted by Crippen LogP contribution is 2.04. The van der Waals surface area contributed by atoms with Gasteiger partial charge in [0.1, 0.15) is 11.6 Å². The van der Waals surface area contributed by atoms with Crippen LogP contribution in [0.3, 0.4) is 0 Å². The molecule has 0 fully saturated rings. The summed E-state index contributed by atoms with van der Waals surface area (Å²) in [6.07, 6.45) is 0. The van der Waals surface area contributed by atoms with E-state index >= 15 is 0 Å². The Labute approximate surface area is 72.0 Å². The van der Waals surface area contributed by atoms with Gasteiger partial charge in [0, 0.05) is 0 Å².